The lowest BCUT2D eigenvalue weighted by Crippen LogP contribution is -2.52. The molecule has 138 valence electrons. The van der Waals surface area contributed by atoms with Crippen molar-refractivity contribution in [1.82, 2.24) is 15.2 Å². The number of benzene rings is 1. The van der Waals surface area contributed by atoms with Crippen molar-refractivity contribution in [3.63, 3.8) is 0 Å². The van der Waals surface area contributed by atoms with E-state index in [0.29, 0.717) is 35.1 Å². The Kier molecular flexibility index (Phi) is 5.84. The zero-order valence-corrected chi connectivity index (χ0v) is 15.7. The predicted molar refractivity (Wildman–Crippen MR) is 106 cm³/mol. The van der Waals surface area contributed by atoms with Crippen LogP contribution in [0.2, 0.25) is 0 Å². The Bertz CT molecular complexity index is 853. The fraction of sp³-hybridized carbons (Fsp3) is 0.263. The average Bonchev–Trinajstić information content (AvgIpc) is 2.74. The molecule has 1 aromatic carbocycles. The average molecular weight is 381 g/mol. The number of hydrogen-bond acceptors (Lipinski definition) is 6. The monoisotopic (exact) mass is 381 g/mol. The third kappa shape index (κ3) is 4.51. The van der Waals surface area contributed by atoms with Crippen molar-refractivity contribution in [1.29, 1.82) is 5.26 Å². The third-order valence-corrected chi connectivity index (χ3v) is 4.70. The number of carbonyl (C=O) groups excluding carboxylic acids is 1. The van der Waals surface area contributed by atoms with Crippen LogP contribution in [0.25, 0.3) is 0 Å². The number of aromatic nitrogens is 1. The Morgan fingerprint density at radius 1 is 1.19 bits per heavy atom. The third-order valence-electron chi connectivity index (χ3n) is 4.34. The van der Waals surface area contributed by atoms with E-state index < -0.39 is 0 Å². The maximum Gasteiger partial charge on any atom is 0.257 e. The minimum atomic E-state index is -0.237. The zero-order valence-electron chi connectivity index (χ0n) is 14.9. The number of pyridine rings is 1. The number of amides is 1. The van der Waals surface area contributed by atoms with Gasteiger partial charge in [-0.1, -0.05) is 0 Å². The van der Waals surface area contributed by atoms with Crippen LogP contribution in [-0.4, -0.2) is 54.2 Å². The molecule has 1 aliphatic rings. The first-order valence-corrected chi connectivity index (χ1v) is 8.87. The van der Waals surface area contributed by atoms with E-state index >= 15 is 0 Å². The number of rotatable bonds is 3. The molecule has 8 heteroatoms. The minimum Gasteiger partial charge on any atom is -0.497 e. The number of hydrogen-bond donors (Lipinski definition) is 1. The standard InChI is InChI=1S/C19H19N5O2S/c1-26-16-5-3-15(4-6-16)18(25)22-19(27)24-10-8-23(9-11-24)17-7-2-14(12-20)13-21-17/h2-7,13H,8-11H2,1H3,(H,22,25,27). The van der Waals surface area contributed by atoms with Gasteiger partial charge in [-0.3, -0.25) is 10.1 Å². The largest absolute Gasteiger partial charge is 0.497 e. The Labute approximate surface area is 163 Å². The van der Waals surface area contributed by atoms with Crippen LogP contribution in [0.15, 0.2) is 42.6 Å². The van der Waals surface area contributed by atoms with E-state index in [9.17, 15) is 4.79 Å². The molecule has 1 aliphatic heterocycles. The minimum absolute atomic E-state index is 0.237. The first kappa shape index (κ1) is 18.6. The van der Waals surface area contributed by atoms with Gasteiger partial charge in [0.2, 0.25) is 0 Å². The van der Waals surface area contributed by atoms with Crippen molar-refractivity contribution < 1.29 is 9.53 Å². The summed E-state index contributed by atoms with van der Waals surface area (Å²) < 4.78 is 5.09. The summed E-state index contributed by atoms with van der Waals surface area (Å²) in [7, 11) is 1.58. The molecular formula is C19H19N5O2S. The van der Waals surface area contributed by atoms with Gasteiger partial charge < -0.3 is 14.5 Å². The molecule has 0 bridgehead atoms. The fourth-order valence-corrected chi connectivity index (χ4v) is 3.04. The molecule has 1 fully saturated rings. The molecular weight excluding hydrogens is 362 g/mol. The highest BCUT2D eigenvalue weighted by atomic mass is 32.1. The summed E-state index contributed by atoms with van der Waals surface area (Å²) >= 11 is 5.39. The summed E-state index contributed by atoms with van der Waals surface area (Å²) in [5.41, 5.74) is 1.07. The lowest BCUT2D eigenvalue weighted by Gasteiger charge is -2.36. The number of nitriles is 1. The topological polar surface area (TPSA) is 81.5 Å². The number of nitrogens with one attached hydrogen (secondary N) is 1. The van der Waals surface area contributed by atoms with Gasteiger partial charge in [-0.25, -0.2) is 4.98 Å². The second kappa shape index (κ2) is 8.47. The van der Waals surface area contributed by atoms with E-state index in [4.69, 9.17) is 22.2 Å². The summed E-state index contributed by atoms with van der Waals surface area (Å²) in [4.78, 5) is 20.7. The van der Waals surface area contributed by atoms with E-state index in [1.165, 1.54) is 0 Å². The van der Waals surface area contributed by atoms with Crippen LogP contribution in [0.1, 0.15) is 15.9 Å². The fourth-order valence-electron chi connectivity index (χ4n) is 2.77. The van der Waals surface area contributed by atoms with E-state index in [2.05, 4.69) is 21.3 Å². The summed E-state index contributed by atoms with van der Waals surface area (Å²) in [5.74, 6) is 1.29. The molecule has 0 spiro atoms. The quantitative estimate of drug-likeness (QED) is 0.812. The first-order chi connectivity index (χ1) is 13.1. The van der Waals surface area contributed by atoms with Gasteiger partial charge in [0.15, 0.2) is 5.11 Å². The van der Waals surface area contributed by atoms with Crippen molar-refractivity contribution in [3.05, 3.63) is 53.7 Å². The number of piperazine rings is 1. The Morgan fingerprint density at radius 2 is 1.89 bits per heavy atom. The van der Waals surface area contributed by atoms with E-state index in [0.717, 1.165) is 18.9 Å². The molecule has 3 rings (SSSR count). The molecule has 1 N–H and O–H groups in total. The van der Waals surface area contributed by atoms with Gasteiger partial charge in [0.05, 0.1) is 12.7 Å². The summed E-state index contributed by atoms with van der Waals surface area (Å²) in [6.07, 6.45) is 1.57. The molecule has 27 heavy (non-hydrogen) atoms. The SMILES string of the molecule is COc1ccc(C(=O)NC(=S)N2CCN(c3ccc(C#N)cn3)CC2)cc1. The highest BCUT2D eigenvalue weighted by Crippen LogP contribution is 2.14. The summed E-state index contributed by atoms with van der Waals surface area (Å²) in [6.45, 7) is 2.84. The van der Waals surface area contributed by atoms with Gasteiger partial charge >= 0.3 is 0 Å². The molecule has 0 saturated carbocycles. The van der Waals surface area contributed by atoms with Crippen molar-refractivity contribution in [2.45, 2.75) is 0 Å². The molecule has 2 aromatic rings. The van der Waals surface area contributed by atoms with E-state index in [1.54, 1.807) is 43.6 Å². The number of methoxy groups -OCH3 is 1. The maximum absolute atomic E-state index is 12.3. The number of anilines is 1. The molecule has 7 nitrogen and oxygen atoms in total. The van der Waals surface area contributed by atoms with E-state index in [-0.39, 0.29) is 5.91 Å². The highest BCUT2D eigenvalue weighted by Gasteiger charge is 2.21. The molecule has 2 heterocycles. The summed E-state index contributed by atoms with van der Waals surface area (Å²) in [5, 5.41) is 12.0. The number of carbonyl (C=O) groups is 1. The normalized spacial score (nSPS) is 13.6. The van der Waals surface area contributed by atoms with Crippen molar-refractivity contribution in [2.24, 2.45) is 0 Å². The second-order valence-electron chi connectivity index (χ2n) is 5.98. The van der Waals surface area contributed by atoms with Gasteiger partial charge in [0.1, 0.15) is 17.6 Å². The molecule has 0 unspecified atom stereocenters. The van der Waals surface area contributed by atoms with Gasteiger partial charge in [0.25, 0.3) is 5.91 Å². The lowest BCUT2D eigenvalue weighted by atomic mass is 10.2. The van der Waals surface area contributed by atoms with E-state index in [1.807, 2.05) is 11.0 Å². The Hall–Kier alpha value is -3.18. The number of ether oxygens (including phenoxy) is 1. The van der Waals surface area contributed by atoms with Gasteiger partial charge in [-0.15, -0.1) is 0 Å². The Morgan fingerprint density at radius 3 is 2.44 bits per heavy atom. The molecule has 0 aliphatic carbocycles. The van der Waals surface area contributed by atoms with Crippen LogP contribution in [-0.2, 0) is 0 Å². The predicted octanol–water partition coefficient (Wildman–Crippen LogP) is 1.80. The van der Waals surface area contributed by atoms with Crippen LogP contribution in [0.3, 0.4) is 0 Å². The van der Waals surface area contributed by atoms with Gasteiger partial charge in [-0.2, -0.15) is 5.26 Å². The van der Waals surface area contributed by atoms with Crippen LogP contribution >= 0.6 is 12.2 Å². The first-order valence-electron chi connectivity index (χ1n) is 8.46. The maximum atomic E-state index is 12.3. The van der Waals surface area contributed by atoms with Crippen molar-refractivity contribution >= 4 is 29.1 Å². The van der Waals surface area contributed by atoms with Crippen LogP contribution < -0.4 is 15.0 Å². The number of thiocarbonyl (C=S) groups is 1. The molecule has 0 atom stereocenters. The van der Waals surface area contributed by atoms with Crippen molar-refractivity contribution in [2.75, 3.05) is 38.2 Å². The van der Waals surface area contributed by atoms with Crippen LogP contribution in [0, 0.1) is 11.3 Å². The van der Waals surface area contributed by atoms with Crippen LogP contribution in [0.4, 0.5) is 5.82 Å². The van der Waals surface area contributed by atoms with Gasteiger partial charge in [0, 0.05) is 37.9 Å². The van der Waals surface area contributed by atoms with Gasteiger partial charge in [-0.05, 0) is 48.6 Å². The molecule has 1 amide bonds. The Balaban J connectivity index is 1.53. The van der Waals surface area contributed by atoms with Crippen molar-refractivity contribution in [3.8, 4) is 11.8 Å². The summed E-state index contributed by atoms with van der Waals surface area (Å²) in [6, 6.07) is 12.5. The highest BCUT2D eigenvalue weighted by molar-refractivity contribution is 7.80. The molecule has 0 radical (unpaired) electrons. The second-order valence-corrected chi connectivity index (χ2v) is 6.37. The molecule has 1 aromatic heterocycles. The number of nitrogens with zero attached hydrogens (tertiary/aromatic N) is 4. The van der Waals surface area contributed by atoms with Crippen LogP contribution in [0.5, 0.6) is 5.75 Å². The zero-order chi connectivity index (χ0) is 19.2. The molecule has 1 saturated heterocycles. The lowest BCUT2D eigenvalue weighted by molar-refractivity contribution is 0.0973. The smallest absolute Gasteiger partial charge is 0.257 e.